The Kier molecular flexibility index (Phi) is 6.17. The van der Waals surface area contributed by atoms with Crippen LogP contribution in [0.2, 0.25) is 0 Å². The maximum absolute atomic E-state index is 12.6. The summed E-state index contributed by atoms with van der Waals surface area (Å²) in [4.78, 5) is 18.6. The molecule has 0 radical (unpaired) electrons. The highest BCUT2D eigenvalue weighted by Crippen LogP contribution is 2.25. The van der Waals surface area contributed by atoms with Crippen molar-refractivity contribution in [3.8, 4) is 11.1 Å². The molecule has 2 N–H and O–H groups in total. The molecule has 1 heterocycles. The van der Waals surface area contributed by atoms with Crippen LogP contribution in [0.1, 0.15) is 32.8 Å². The quantitative estimate of drug-likeness (QED) is 0.426. The Morgan fingerprint density at radius 1 is 1.10 bits per heavy atom. The van der Waals surface area contributed by atoms with Gasteiger partial charge >= 0.3 is 12.1 Å². The number of nitrogens with one attached hydrogen (secondary N) is 2. The van der Waals surface area contributed by atoms with Gasteiger partial charge < -0.3 is 9.72 Å². The van der Waals surface area contributed by atoms with Crippen molar-refractivity contribution in [3.63, 3.8) is 0 Å². The van der Waals surface area contributed by atoms with Gasteiger partial charge in [0.25, 0.3) is 0 Å². The average molecular weight is 419 g/mol. The highest BCUT2D eigenvalue weighted by molar-refractivity contribution is 5.81. The van der Waals surface area contributed by atoms with Crippen LogP contribution in [-0.2, 0) is 16.1 Å². The second-order valence-corrected chi connectivity index (χ2v) is 8.37. The third-order valence-electron chi connectivity index (χ3n) is 4.52. The molecule has 1 atom stereocenters. The van der Waals surface area contributed by atoms with Crippen LogP contribution in [0.15, 0.2) is 48.8 Å². The van der Waals surface area contributed by atoms with E-state index in [0.29, 0.717) is 0 Å². The number of aromatic nitrogens is 2. The number of benzene rings is 2. The van der Waals surface area contributed by atoms with Crippen molar-refractivity contribution in [2.24, 2.45) is 5.41 Å². The zero-order valence-corrected chi connectivity index (χ0v) is 17.0. The van der Waals surface area contributed by atoms with Gasteiger partial charge in [0, 0.05) is 13.0 Å². The molecule has 5 nitrogen and oxygen atoms in total. The number of aromatic amines is 1. The van der Waals surface area contributed by atoms with Gasteiger partial charge in [-0.15, -0.1) is 0 Å². The van der Waals surface area contributed by atoms with Crippen molar-refractivity contribution >= 4 is 17.0 Å². The van der Waals surface area contributed by atoms with Crippen LogP contribution in [0.3, 0.4) is 0 Å². The Morgan fingerprint density at radius 3 is 2.40 bits per heavy atom. The number of esters is 1. The van der Waals surface area contributed by atoms with E-state index in [2.05, 4.69) is 20.0 Å². The smallest absolute Gasteiger partial charge is 0.440 e. The lowest BCUT2D eigenvalue weighted by Gasteiger charge is -2.27. The Morgan fingerprint density at radius 2 is 1.77 bits per heavy atom. The molecule has 30 heavy (non-hydrogen) atoms. The van der Waals surface area contributed by atoms with Gasteiger partial charge in [0.1, 0.15) is 0 Å². The summed E-state index contributed by atoms with van der Waals surface area (Å²) in [5, 5.41) is 2.92. The Hall–Kier alpha value is -2.87. The van der Waals surface area contributed by atoms with Crippen LogP contribution in [0.4, 0.5) is 13.2 Å². The summed E-state index contributed by atoms with van der Waals surface area (Å²) in [7, 11) is 0. The molecular weight excluding hydrogens is 395 g/mol. The predicted octanol–water partition coefficient (Wildman–Crippen LogP) is 5.19. The molecule has 0 amide bonds. The summed E-state index contributed by atoms with van der Waals surface area (Å²) < 4.78 is 42.4. The first-order valence-electron chi connectivity index (χ1n) is 9.55. The Bertz CT molecular complexity index is 1000. The van der Waals surface area contributed by atoms with Gasteiger partial charge in [-0.2, -0.15) is 13.2 Å². The van der Waals surface area contributed by atoms with Crippen LogP contribution >= 0.6 is 0 Å². The Balaban J connectivity index is 1.67. The van der Waals surface area contributed by atoms with E-state index >= 15 is 0 Å². The number of carbonyl (C=O) groups excluding carboxylic acids is 1. The van der Waals surface area contributed by atoms with Crippen LogP contribution in [0, 0.1) is 5.41 Å². The molecule has 0 saturated carbocycles. The minimum absolute atomic E-state index is 0.247. The lowest BCUT2D eigenvalue weighted by molar-refractivity contribution is -0.207. The average Bonchev–Trinajstić information content (AvgIpc) is 3.12. The van der Waals surface area contributed by atoms with Crippen molar-refractivity contribution in [3.05, 3.63) is 54.4 Å². The molecule has 3 rings (SSSR count). The highest BCUT2D eigenvalue weighted by Gasteiger charge is 2.42. The van der Waals surface area contributed by atoms with Crippen molar-refractivity contribution in [2.75, 3.05) is 0 Å². The van der Waals surface area contributed by atoms with Gasteiger partial charge in [-0.05, 0) is 34.2 Å². The van der Waals surface area contributed by atoms with Crippen LogP contribution < -0.4 is 5.32 Å². The normalized spacial score (nSPS) is 13.4. The summed E-state index contributed by atoms with van der Waals surface area (Å²) in [5.41, 5.74) is 4.38. The number of fused-ring (bicyclic) bond motifs is 1. The fraction of sp³-hybridized carbons (Fsp3) is 0.364. The van der Waals surface area contributed by atoms with Crippen LogP contribution in [0.25, 0.3) is 22.2 Å². The number of alkyl halides is 3. The molecule has 0 fully saturated rings. The fourth-order valence-corrected chi connectivity index (χ4v) is 3.07. The number of imidazole rings is 1. The second-order valence-electron chi connectivity index (χ2n) is 8.37. The van der Waals surface area contributed by atoms with E-state index in [0.717, 1.165) is 27.7 Å². The SMILES string of the molecule is CC(C)(C)CC(NCc1ccc(-c2ccc3[nH]cnc3c2)cc1)OC(=O)C(F)(F)F. The molecule has 1 aromatic heterocycles. The summed E-state index contributed by atoms with van der Waals surface area (Å²) >= 11 is 0. The minimum Gasteiger partial charge on any atom is -0.440 e. The van der Waals surface area contributed by atoms with Gasteiger partial charge in [-0.25, -0.2) is 9.78 Å². The first-order chi connectivity index (χ1) is 14.0. The maximum atomic E-state index is 12.6. The number of ether oxygens (including phenoxy) is 1. The van der Waals surface area contributed by atoms with Crippen LogP contribution in [-0.4, -0.2) is 28.3 Å². The third kappa shape index (κ3) is 5.82. The number of carbonyl (C=O) groups is 1. The van der Waals surface area contributed by atoms with Gasteiger partial charge in [-0.1, -0.05) is 51.1 Å². The topological polar surface area (TPSA) is 67.0 Å². The minimum atomic E-state index is -5.02. The Labute approximate surface area is 172 Å². The third-order valence-corrected chi connectivity index (χ3v) is 4.52. The summed E-state index contributed by atoms with van der Waals surface area (Å²) in [6.45, 7) is 5.88. The van der Waals surface area contributed by atoms with Gasteiger partial charge in [0.15, 0.2) is 6.23 Å². The van der Waals surface area contributed by atoms with Gasteiger partial charge in [0.2, 0.25) is 0 Å². The molecule has 0 aliphatic rings. The van der Waals surface area contributed by atoms with E-state index in [1.165, 1.54) is 0 Å². The first kappa shape index (κ1) is 21.8. The monoisotopic (exact) mass is 419 g/mol. The summed E-state index contributed by atoms with van der Waals surface area (Å²) in [6.07, 6.45) is -4.17. The van der Waals surface area contributed by atoms with E-state index in [1.807, 2.05) is 63.2 Å². The molecule has 8 heteroatoms. The van der Waals surface area contributed by atoms with E-state index in [9.17, 15) is 18.0 Å². The number of nitrogens with zero attached hydrogens (tertiary/aromatic N) is 1. The molecule has 0 spiro atoms. The van der Waals surface area contributed by atoms with Crippen molar-refractivity contribution in [1.82, 2.24) is 15.3 Å². The van der Waals surface area contributed by atoms with E-state index in [-0.39, 0.29) is 18.4 Å². The molecule has 2 aromatic carbocycles. The summed E-state index contributed by atoms with van der Waals surface area (Å²) in [5.74, 6) is -2.19. The molecule has 3 aromatic rings. The number of halogens is 3. The lowest BCUT2D eigenvalue weighted by Crippen LogP contribution is -2.40. The fourth-order valence-electron chi connectivity index (χ4n) is 3.07. The molecule has 160 valence electrons. The number of hydrogen-bond acceptors (Lipinski definition) is 4. The lowest BCUT2D eigenvalue weighted by atomic mass is 9.91. The molecule has 0 bridgehead atoms. The van der Waals surface area contributed by atoms with Gasteiger partial charge in [-0.3, -0.25) is 5.32 Å². The zero-order valence-electron chi connectivity index (χ0n) is 17.0. The number of H-pyrrole nitrogens is 1. The first-order valence-corrected chi connectivity index (χ1v) is 9.55. The van der Waals surface area contributed by atoms with Crippen molar-refractivity contribution < 1.29 is 22.7 Å². The summed E-state index contributed by atoms with van der Waals surface area (Å²) in [6, 6.07) is 13.6. The molecule has 0 aliphatic heterocycles. The maximum Gasteiger partial charge on any atom is 0.490 e. The molecular formula is C22H24F3N3O2. The largest absolute Gasteiger partial charge is 0.490 e. The van der Waals surface area contributed by atoms with Crippen molar-refractivity contribution in [1.29, 1.82) is 0 Å². The van der Waals surface area contributed by atoms with Crippen LogP contribution in [0.5, 0.6) is 0 Å². The number of hydrogen-bond donors (Lipinski definition) is 2. The molecule has 1 unspecified atom stereocenters. The zero-order chi connectivity index (χ0) is 21.9. The molecule has 0 aliphatic carbocycles. The second kappa shape index (κ2) is 8.47. The van der Waals surface area contributed by atoms with E-state index in [4.69, 9.17) is 0 Å². The standard InChI is InChI=1S/C22H24F3N3O2/c1-21(2,3)11-19(30-20(29)22(23,24)25)26-12-14-4-6-15(7-5-14)16-8-9-17-18(10-16)28-13-27-17/h4-10,13,19,26H,11-12H2,1-3H3,(H,27,28). The van der Waals surface area contributed by atoms with E-state index < -0.39 is 18.4 Å². The predicted molar refractivity (Wildman–Crippen MR) is 108 cm³/mol. The number of rotatable bonds is 6. The van der Waals surface area contributed by atoms with E-state index in [1.54, 1.807) is 6.33 Å². The molecule has 0 saturated heterocycles. The van der Waals surface area contributed by atoms with Gasteiger partial charge in [0.05, 0.1) is 17.4 Å². The van der Waals surface area contributed by atoms with Crippen molar-refractivity contribution in [2.45, 2.75) is 46.1 Å². The highest BCUT2D eigenvalue weighted by atomic mass is 19.4.